The van der Waals surface area contributed by atoms with Gasteiger partial charge in [0.25, 0.3) is 5.78 Å². The van der Waals surface area contributed by atoms with Gasteiger partial charge in [0.2, 0.25) is 0 Å². The number of nitrogens with zero attached hydrogens (tertiary/aromatic N) is 4. The van der Waals surface area contributed by atoms with Crippen LogP contribution in [0.1, 0.15) is 35.1 Å². The molecule has 4 rings (SSSR count). The fraction of sp³-hybridized carbons (Fsp3) is 0.227. The van der Waals surface area contributed by atoms with E-state index < -0.39 is 0 Å². The highest BCUT2D eigenvalue weighted by Crippen LogP contribution is 2.22. The van der Waals surface area contributed by atoms with Crippen LogP contribution in [0.3, 0.4) is 0 Å². The van der Waals surface area contributed by atoms with Crippen LogP contribution in [0.5, 0.6) is 0 Å². The molecule has 2 heterocycles. The fourth-order valence-electron chi connectivity index (χ4n) is 3.38. The maximum Gasteiger partial charge on any atom is 0.254 e. The van der Waals surface area contributed by atoms with Crippen LogP contribution in [0.25, 0.3) is 5.78 Å². The molecule has 28 heavy (non-hydrogen) atoms. The van der Waals surface area contributed by atoms with E-state index in [9.17, 15) is 4.39 Å². The van der Waals surface area contributed by atoms with E-state index in [2.05, 4.69) is 39.4 Å². The molecule has 6 heteroatoms. The summed E-state index contributed by atoms with van der Waals surface area (Å²) in [7, 11) is 0. The van der Waals surface area contributed by atoms with E-state index in [1.54, 1.807) is 10.6 Å². The van der Waals surface area contributed by atoms with Gasteiger partial charge in [-0.2, -0.15) is 9.50 Å². The van der Waals surface area contributed by atoms with Crippen molar-refractivity contribution in [2.75, 3.05) is 5.32 Å². The summed E-state index contributed by atoms with van der Waals surface area (Å²) in [4.78, 5) is 9.19. The van der Waals surface area contributed by atoms with Gasteiger partial charge in [-0.3, -0.25) is 0 Å². The molecule has 0 bridgehead atoms. The third kappa shape index (κ3) is 3.71. The normalized spacial score (nSPS) is 11.1. The van der Waals surface area contributed by atoms with Gasteiger partial charge in [-0.25, -0.2) is 9.37 Å². The first-order chi connectivity index (χ1) is 13.6. The quantitative estimate of drug-likeness (QED) is 0.545. The van der Waals surface area contributed by atoms with E-state index in [4.69, 9.17) is 0 Å². The lowest BCUT2D eigenvalue weighted by Gasteiger charge is -2.14. The molecule has 4 aromatic rings. The lowest BCUT2D eigenvalue weighted by atomic mass is 10.1. The summed E-state index contributed by atoms with van der Waals surface area (Å²) >= 11 is 0. The van der Waals surface area contributed by atoms with Gasteiger partial charge in [-0.15, -0.1) is 5.10 Å². The Bertz CT molecular complexity index is 1100. The lowest BCUT2D eigenvalue weighted by molar-refractivity contribution is 0.625. The van der Waals surface area contributed by atoms with Gasteiger partial charge in [0.1, 0.15) is 11.6 Å². The second-order valence-electron chi connectivity index (χ2n) is 6.76. The Morgan fingerprint density at radius 3 is 2.54 bits per heavy atom. The zero-order valence-corrected chi connectivity index (χ0v) is 16.0. The standard InChI is InChI=1S/C22H22FN5/c1-3-19-15(2)25-22-26-20(13-17-10-7-11-18(23)12-17)27-28(22)21(19)24-14-16-8-5-4-6-9-16/h4-12,24H,3,13-14H2,1-2H3. The zero-order chi connectivity index (χ0) is 19.5. The predicted octanol–water partition coefficient (Wildman–Crippen LogP) is 4.34. The van der Waals surface area contributed by atoms with Gasteiger partial charge in [-0.05, 0) is 36.6 Å². The molecular weight excluding hydrogens is 353 g/mol. The monoisotopic (exact) mass is 375 g/mol. The van der Waals surface area contributed by atoms with Crippen LogP contribution in [0, 0.1) is 12.7 Å². The minimum Gasteiger partial charge on any atom is -0.366 e. The van der Waals surface area contributed by atoms with Crippen molar-refractivity contribution in [1.29, 1.82) is 0 Å². The first kappa shape index (κ1) is 18.1. The van der Waals surface area contributed by atoms with Crippen molar-refractivity contribution in [2.24, 2.45) is 0 Å². The Balaban J connectivity index is 1.70. The van der Waals surface area contributed by atoms with E-state index in [-0.39, 0.29) is 5.82 Å². The Morgan fingerprint density at radius 1 is 1.00 bits per heavy atom. The highest BCUT2D eigenvalue weighted by molar-refractivity contribution is 5.53. The van der Waals surface area contributed by atoms with E-state index in [1.807, 2.05) is 31.2 Å². The molecule has 5 nitrogen and oxygen atoms in total. The number of rotatable bonds is 6. The SMILES string of the molecule is CCc1c(C)nc2nc(Cc3cccc(F)c3)nn2c1NCc1ccccc1. The number of fused-ring (bicyclic) bond motifs is 1. The highest BCUT2D eigenvalue weighted by Gasteiger charge is 2.15. The minimum atomic E-state index is -0.256. The zero-order valence-electron chi connectivity index (χ0n) is 16.0. The van der Waals surface area contributed by atoms with Crippen molar-refractivity contribution in [3.63, 3.8) is 0 Å². The molecule has 0 saturated carbocycles. The molecule has 1 N–H and O–H groups in total. The number of hydrogen-bond donors (Lipinski definition) is 1. The molecule has 2 aromatic heterocycles. The Morgan fingerprint density at radius 2 is 1.79 bits per heavy atom. The van der Waals surface area contributed by atoms with Crippen LogP contribution in [0.4, 0.5) is 10.2 Å². The molecule has 0 fully saturated rings. The van der Waals surface area contributed by atoms with Crippen LogP contribution in [0.15, 0.2) is 54.6 Å². The lowest BCUT2D eigenvalue weighted by Crippen LogP contribution is -2.11. The number of nitrogens with one attached hydrogen (secondary N) is 1. The number of hydrogen-bond acceptors (Lipinski definition) is 4. The van der Waals surface area contributed by atoms with Gasteiger partial charge in [0.15, 0.2) is 5.82 Å². The number of benzene rings is 2. The van der Waals surface area contributed by atoms with E-state index in [1.165, 1.54) is 17.7 Å². The molecule has 0 spiro atoms. The molecule has 0 amide bonds. The Kier molecular flexibility index (Phi) is 5.02. The van der Waals surface area contributed by atoms with Crippen LogP contribution in [0.2, 0.25) is 0 Å². The van der Waals surface area contributed by atoms with E-state index in [0.717, 1.165) is 29.1 Å². The average molecular weight is 375 g/mol. The number of anilines is 1. The molecule has 0 aliphatic heterocycles. The topological polar surface area (TPSA) is 55.1 Å². The summed E-state index contributed by atoms with van der Waals surface area (Å²) in [5.41, 5.74) is 4.08. The molecule has 0 unspecified atom stereocenters. The maximum absolute atomic E-state index is 13.5. The van der Waals surface area contributed by atoms with Crippen molar-refractivity contribution in [2.45, 2.75) is 33.2 Å². The van der Waals surface area contributed by atoms with Gasteiger partial charge in [0, 0.05) is 24.2 Å². The average Bonchev–Trinajstić information content (AvgIpc) is 3.08. The van der Waals surface area contributed by atoms with Gasteiger partial charge in [0.05, 0.1) is 0 Å². The molecule has 142 valence electrons. The third-order valence-corrected chi connectivity index (χ3v) is 4.74. The predicted molar refractivity (Wildman–Crippen MR) is 108 cm³/mol. The first-order valence-corrected chi connectivity index (χ1v) is 9.41. The molecule has 0 radical (unpaired) electrons. The summed E-state index contributed by atoms with van der Waals surface area (Å²) in [6.45, 7) is 4.78. The molecule has 0 saturated heterocycles. The van der Waals surface area contributed by atoms with Crippen LogP contribution in [-0.2, 0) is 19.4 Å². The molecule has 0 atom stereocenters. The van der Waals surface area contributed by atoms with Crippen LogP contribution in [-0.4, -0.2) is 19.6 Å². The van der Waals surface area contributed by atoms with Crippen molar-refractivity contribution < 1.29 is 4.39 Å². The van der Waals surface area contributed by atoms with Crippen molar-refractivity contribution in [3.05, 3.63) is 88.6 Å². The molecule has 0 aliphatic rings. The van der Waals surface area contributed by atoms with Crippen molar-refractivity contribution in [1.82, 2.24) is 19.6 Å². The van der Waals surface area contributed by atoms with Crippen molar-refractivity contribution in [3.8, 4) is 0 Å². The highest BCUT2D eigenvalue weighted by atomic mass is 19.1. The second kappa shape index (κ2) is 7.76. The summed E-state index contributed by atoms with van der Waals surface area (Å²) in [6.07, 6.45) is 1.30. The molecular formula is C22H22FN5. The van der Waals surface area contributed by atoms with Crippen LogP contribution < -0.4 is 5.32 Å². The van der Waals surface area contributed by atoms with E-state index in [0.29, 0.717) is 24.6 Å². The largest absolute Gasteiger partial charge is 0.366 e. The van der Waals surface area contributed by atoms with Crippen LogP contribution >= 0.6 is 0 Å². The maximum atomic E-state index is 13.5. The summed E-state index contributed by atoms with van der Waals surface area (Å²) in [5, 5.41) is 8.17. The van der Waals surface area contributed by atoms with E-state index >= 15 is 0 Å². The van der Waals surface area contributed by atoms with Crippen molar-refractivity contribution >= 4 is 11.6 Å². The van der Waals surface area contributed by atoms with Gasteiger partial charge in [-0.1, -0.05) is 49.4 Å². The Labute approximate surface area is 163 Å². The smallest absolute Gasteiger partial charge is 0.254 e. The number of aryl methyl sites for hydroxylation is 1. The summed E-state index contributed by atoms with van der Waals surface area (Å²) < 4.78 is 15.3. The Hall–Kier alpha value is -3.28. The second-order valence-corrected chi connectivity index (χ2v) is 6.76. The third-order valence-electron chi connectivity index (χ3n) is 4.74. The fourth-order valence-corrected chi connectivity index (χ4v) is 3.38. The minimum absolute atomic E-state index is 0.256. The summed E-state index contributed by atoms with van der Waals surface area (Å²) in [5.74, 6) is 1.82. The van der Waals surface area contributed by atoms with Gasteiger partial charge >= 0.3 is 0 Å². The number of aromatic nitrogens is 4. The molecule has 0 aliphatic carbocycles. The summed E-state index contributed by atoms with van der Waals surface area (Å²) in [6, 6.07) is 16.7. The van der Waals surface area contributed by atoms with Gasteiger partial charge < -0.3 is 5.32 Å². The number of halogens is 1. The molecule has 2 aromatic carbocycles. The first-order valence-electron chi connectivity index (χ1n) is 9.41.